The van der Waals surface area contributed by atoms with E-state index < -0.39 is 0 Å². The Morgan fingerprint density at radius 3 is 3.05 bits per heavy atom. The van der Waals surface area contributed by atoms with Crippen LogP contribution in [0.1, 0.15) is 5.69 Å². The van der Waals surface area contributed by atoms with Crippen molar-refractivity contribution < 1.29 is 0 Å². The predicted octanol–water partition coefficient (Wildman–Crippen LogP) is 2.58. The van der Waals surface area contributed by atoms with Gasteiger partial charge >= 0.3 is 0 Å². The third kappa shape index (κ3) is 1.52. The van der Waals surface area contributed by atoms with Crippen molar-refractivity contribution in [3.05, 3.63) is 48.7 Å². The Kier molecular flexibility index (Phi) is 1.97. The lowest BCUT2D eigenvalue weighted by atomic mass is 10.1. The lowest BCUT2D eigenvalue weighted by Crippen LogP contribution is -1.88. The molecule has 0 aliphatic heterocycles. The van der Waals surface area contributed by atoms with Gasteiger partial charge in [-0.2, -0.15) is 5.10 Å². The fraction of sp³-hybridized carbons (Fsp3) is 0.0714. The number of rotatable bonds is 1. The first-order valence-electron chi connectivity index (χ1n) is 6.06. The minimum atomic E-state index is 0.845. The quantitative estimate of drug-likeness (QED) is 0.564. The Morgan fingerprint density at radius 1 is 1.16 bits per heavy atom. The second-order valence-corrected chi connectivity index (χ2v) is 4.53. The van der Waals surface area contributed by atoms with E-state index in [1.54, 1.807) is 10.8 Å². The first kappa shape index (κ1) is 10.3. The summed E-state index contributed by atoms with van der Waals surface area (Å²) in [5.41, 5.74) is 4.98. The Labute approximate surface area is 108 Å². The van der Waals surface area contributed by atoms with E-state index >= 15 is 0 Å². The number of pyridine rings is 2. The zero-order valence-electron chi connectivity index (χ0n) is 10.3. The molecule has 0 aliphatic carbocycles. The predicted molar refractivity (Wildman–Crippen MR) is 72.8 cm³/mol. The number of nitrogens with zero attached hydrogens (tertiary/aromatic N) is 4. The molecule has 0 aromatic carbocycles. The maximum atomic E-state index is 4.48. The van der Waals surface area contributed by atoms with Crippen LogP contribution < -0.4 is 0 Å². The number of hydrogen-bond donors (Lipinski definition) is 1. The van der Waals surface area contributed by atoms with E-state index in [0.29, 0.717) is 0 Å². The molecule has 5 nitrogen and oxygen atoms in total. The van der Waals surface area contributed by atoms with Crippen molar-refractivity contribution >= 4 is 16.7 Å². The van der Waals surface area contributed by atoms with Crippen LogP contribution in [0, 0.1) is 6.92 Å². The molecule has 0 unspecified atom stereocenters. The van der Waals surface area contributed by atoms with E-state index in [4.69, 9.17) is 0 Å². The molecule has 0 atom stereocenters. The summed E-state index contributed by atoms with van der Waals surface area (Å²) in [6.45, 7) is 1.99. The highest BCUT2D eigenvalue weighted by molar-refractivity contribution is 5.93. The van der Waals surface area contributed by atoms with Gasteiger partial charge in [0.05, 0.1) is 0 Å². The van der Waals surface area contributed by atoms with E-state index in [9.17, 15) is 0 Å². The van der Waals surface area contributed by atoms with Crippen molar-refractivity contribution in [2.45, 2.75) is 6.92 Å². The van der Waals surface area contributed by atoms with Crippen LogP contribution in [0.5, 0.6) is 0 Å². The Morgan fingerprint density at radius 2 is 2.11 bits per heavy atom. The van der Waals surface area contributed by atoms with Gasteiger partial charge in [-0.3, -0.25) is 0 Å². The maximum absolute atomic E-state index is 4.48. The molecule has 0 amide bonds. The summed E-state index contributed by atoms with van der Waals surface area (Å²) in [7, 11) is 0. The minimum absolute atomic E-state index is 0.845. The van der Waals surface area contributed by atoms with Crippen molar-refractivity contribution in [1.29, 1.82) is 0 Å². The Bertz CT molecular complexity index is 887. The smallest absolute Gasteiger partial charge is 0.155 e. The van der Waals surface area contributed by atoms with Gasteiger partial charge in [0.25, 0.3) is 0 Å². The third-order valence-corrected chi connectivity index (χ3v) is 3.26. The first-order valence-corrected chi connectivity index (χ1v) is 6.06. The molecule has 4 heterocycles. The van der Waals surface area contributed by atoms with E-state index in [1.165, 1.54) is 0 Å². The molecule has 0 fully saturated rings. The summed E-state index contributed by atoms with van der Waals surface area (Å²) < 4.78 is 1.77. The zero-order valence-corrected chi connectivity index (χ0v) is 10.3. The molecule has 4 aromatic heterocycles. The van der Waals surface area contributed by atoms with Crippen molar-refractivity contribution in [2.75, 3.05) is 0 Å². The van der Waals surface area contributed by atoms with Crippen molar-refractivity contribution in [1.82, 2.24) is 24.6 Å². The van der Waals surface area contributed by atoms with Crippen LogP contribution in [0.3, 0.4) is 0 Å². The molecule has 1 N–H and O–H groups in total. The van der Waals surface area contributed by atoms with Crippen molar-refractivity contribution in [3.63, 3.8) is 0 Å². The highest BCUT2D eigenvalue weighted by atomic mass is 15.3. The lowest BCUT2D eigenvalue weighted by Gasteiger charge is -2.00. The fourth-order valence-electron chi connectivity index (χ4n) is 2.32. The molecule has 0 saturated carbocycles. The van der Waals surface area contributed by atoms with Gasteiger partial charge in [-0.1, -0.05) is 0 Å². The van der Waals surface area contributed by atoms with Crippen LogP contribution >= 0.6 is 0 Å². The number of aromatic nitrogens is 5. The molecule has 0 saturated heterocycles. The SMILES string of the molecule is Cc1ccc2c(-c3ccc4ncnn4c3)c[nH]c2n1. The molecule has 0 aliphatic rings. The normalized spacial score (nSPS) is 11.4. The summed E-state index contributed by atoms with van der Waals surface area (Å²) >= 11 is 0. The molecule has 0 spiro atoms. The topological polar surface area (TPSA) is 58.9 Å². The van der Waals surface area contributed by atoms with E-state index in [1.807, 2.05) is 37.5 Å². The second kappa shape index (κ2) is 3.65. The summed E-state index contributed by atoms with van der Waals surface area (Å²) in [5, 5.41) is 5.28. The van der Waals surface area contributed by atoms with Gasteiger partial charge in [-0.25, -0.2) is 14.5 Å². The molecule has 4 aromatic rings. The largest absolute Gasteiger partial charge is 0.346 e. The molecular weight excluding hydrogens is 238 g/mol. The average molecular weight is 249 g/mol. The number of aromatic amines is 1. The molecule has 5 heteroatoms. The monoisotopic (exact) mass is 249 g/mol. The van der Waals surface area contributed by atoms with Gasteiger partial charge in [0.2, 0.25) is 0 Å². The molecule has 0 bridgehead atoms. The van der Waals surface area contributed by atoms with Gasteiger partial charge in [-0.15, -0.1) is 0 Å². The van der Waals surface area contributed by atoms with Crippen LogP contribution in [0.25, 0.3) is 27.8 Å². The second-order valence-electron chi connectivity index (χ2n) is 4.53. The average Bonchev–Trinajstić information content (AvgIpc) is 3.02. The van der Waals surface area contributed by atoms with E-state index in [-0.39, 0.29) is 0 Å². The molecular formula is C14H11N5. The molecule has 92 valence electrons. The number of nitrogens with one attached hydrogen (secondary N) is 1. The summed E-state index contributed by atoms with van der Waals surface area (Å²) in [5.74, 6) is 0. The number of H-pyrrole nitrogens is 1. The summed E-state index contributed by atoms with van der Waals surface area (Å²) in [4.78, 5) is 11.8. The summed E-state index contributed by atoms with van der Waals surface area (Å²) in [6.07, 6.45) is 5.51. The van der Waals surface area contributed by atoms with Crippen LogP contribution in [0.2, 0.25) is 0 Å². The van der Waals surface area contributed by atoms with Crippen molar-refractivity contribution in [2.24, 2.45) is 0 Å². The van der Waals surface area contributed by atoms with Gasteiger partial charge in [0, 0.05) is 34.6 Å². The molecule has 4 rings (SSSR count). The highest BCUT2D eigenvalue weighted by Crippen LogP contribution is 2.27. The van der Waals surface area contributed by atoms with Gasteiger partial charge < -0.3 is 4.98 Å². The summed E-state index contributed by atoms with van der Waals surface area (Å²) in [6, 6.07) is 8.12. The van der Waals surface area contributed by atoms with E-state index in [0.717, 1.165) is 33.5 Å². The highest BCUT2D eigenvalue weighted by Gasteiger charge is 2.08. The van der Waals surface area contributed by atoms with E-state index in [2.05, 4.69) is 26.1 Å². The molecule has 19 heavy (non-hydrogen) atoms. The number of hydrogen-bond acceptors (Lipinski definition) is 3. The third-order valence-electron chi connectivity index (χ3n) is 3.26. The lowest BCUT2D eigenvalue weighted by molar-refractivity contribution is 0.963. The Balaban J connectivity index is 1.97. The number of fused-ring (bicyclic) bond motifs is 2. The fourth-order valence-corrected chi connectivity index (χ4v) is 2.32. The van der Waals surface area contributed by atoms with Crippen molar-refractivity contribution in [3.8, 4) is 11.1 Å². The van der Waals surface area contributed by atoms with Crippen LogP contribution in [-0.4, -0.2) is 24.6 Å². The van der Waals surface area contributed by atoms with Crippen LogP contribution in [0.15, 0.2) is 43.0 Å². The van der Waals surface area contributed by atoms with Gasteiger partial charge in [0.15, 0.2) is 5.65 Å². The van der Waals surface area contributed by atoms with Crippen LogP contribution in [0.4, 0.5) is 0 Å². The molecule has 0 radical (unpaired) electrons. The Hall–Kier alpha value is -2.69. The number of aryl methyl sites for hydroxylation is 1. The van der Waals surface area contributed by atoms with Gasteiger partial charge in [-0.05, 0) is 31.2 Å². The standard InChI is InChI=1S/C14H11N5/c1-9-2-4-11-12(6-15-14(11)18-9)10-3-5-13-16-8-17-19(13)7-10/h2-8H,1H3,(H,15,18). The zero-order chi connectivity index (χ0) is 12.8. The maximum Gasteiger partial charge on any atom is 0.155 e. The minimum Gasteiger partial charge on any atom is -0.346 e. The van der Waals surface area contributed by atoms with Gasteiger partial charge in [0.1, 0.15) is 12.0 Å². The first-order chi connectivity index (χ1) is 9.31. The van der Waals surface area contributed by atoms with Crippen LogP contribution in [-0.2, 0) is 0 Å².